The molecule has 0 radical (unpaired) electrons. The first-order valence-electron chi connectivity index (χ1n) is 9.46. The number of aliphatic hydroxyl groups excluding tert-OH is 1. The van der Waals surface area contributed by atoms with E-state index in [-0.39, 0.29) is 29.4 Å². The molecule has 4 rings (SSSR count). The molecule has 1 heterocycles. The molecule has 1 aliphatic rings. The third kappa shape index (κ3) is 5.16. The minimum atomic E-state index is -4.85. The number of carbonyl (C=O) groups excluding carboxylic acids is 1. The Morgan fingerprint density at radius 2 is 1.81 bits per heavy atom. The first-order valence-corrected chi connectivity index (χ1v) is 10.3. The van der Waals surface area contributed by atoms with Gasteiger partial charge in [-0.05, 0) is 59.5 Å². The third-order valence-corrected chi connectivity index (χ3v) is 5.29. The highest BCUT2D eigenvalue weighted by molar-refractivity contribution is 7.97. The Hall–Kier alpha value is -3.21. The number of alkyl halides is 3. The van der Waals surface area contributed by atoms with Crippen LogP contribution in [-0.4, -0.2) is 30.5 Å². The number of benzene rings is 3. The second-order valence-corrected chi connectivity index (χ2v) is 7.68. The van der Waals surface area contributed by atoms with Crippen LogP contribution in [0.3, 0.4) is 0 Å². The summed E-state index contributed by atoms with van der Waals surface area (Å²) >= 11 is 1.38. The van der Waals surface area contributed by atoms with Crippen LogP contribution in [0.1, 0.15) is 10.4 Å². The number of hydrogen-bond donors (Lipinski definition) is 3. The topological polar surface area (TPSA) is 79.8 Å². The number of amides is 1. The maximum absolute atomic E-state index is 12.8. The highest BCUT2D eigenvalue weighted by Crippen LogP contribution is 2.40. The van der Waals surface area contributed by atoms with Gasteiger partial charge in [0, 0.05) is 17.5 Å². The Kier molecular flexibility index (Phi) is 6.26. The second kappa shape index (κ2) is 9.11. The number of carbonyl (C=O) groups is 1. The van der Waals surface area contributed by atoms with Crippen molar-refractivity contribution in [3.63, 3.8) is 0 Å². The van der Waals surface area contributed by atoms with Crippen molar-refractivity contribution in [2.24, 2.45) is 0 Å². The number of aliphatic hydroxyl groups is 1. The number of hydrogen-bond acceptors (Lipinski definition) is 6. The molecule has 0 atom stereocenters. The number of nitrogens with one attached hydrogen (secondary N) is 2. The summed E-state index contributed by atoms with van der Waals surface area (Å²) in [5.74, 6) is -0.492. The fraction of sp³-hybridized carbons (Fsp3) is 0.136. The summed E-state index contributed by atoms with van der Waals surface area (Å²) in [5, 5.41) is 11.5. The third-order valence-electron chi connectivity index (χ3n) is 4.45. The van der Waals surface area contributed by atoms with E-state index in [1.54, 1.807) is 18.2 Å². The molecule has 0 saturated heterocycles. The number of rotatable bonds is 6. The molecule has 0 bridgehead atoms. The van der Waals surface area contributed by atoms with E-state index in [4.69, 9.17) is 9.84 Å². The summed E-state index contributed by atoms with van der Waals surface area (Å²) in [6.07, 6.45) is -4.85. The SMILES string of the molecule is O=C1Nc2cc(OC(F)(F)F)ccc2Oc2ccc(-c3cccc(SNCCO)c3)cc21. The molecule has 32 heavy (non-hydrogen) atoms. The molecule has 10 heteroatoms. The highest BCUT2D eigenvalue weighted by atomic mass is 32.2. The van der Waals surface area contributed by atoms with Gasteiger partial charge in [-0.2, -0.15) is 0 Å². The van der Waals surface area contributed by atoms with Gasteiger partial charge < -0.3 is 19.9 Å². The Bertz CT molecular complexity index is 1150. The van der Waals surface area contributed by atoms with E-state index in [1.165, 1.54) is 18.0 Å². The molecule has 0 fully saturated rings. The molecule has 0 aliphatic carbocycles. The molecule has 3 N–H and O–H groups in total. The van der Waals surface area contributed by atoms with E-state index in [0.717, 1.165) is 28.2 Å². The van der Waals surface area contributed by atoms with E-state index in [2.05, 4.69) is 14.8 Å². The quantitative estimate of drug-likeness (QED) is 0.345. The largest absolute Gasteiger partial charge is 0.573 e. The van der Waals surface area contributed by atoms with Gasteiger partial charge in [-0.3, -0.25) is 9.52 Å². The van der Waals surface area contributed by atoms with Crippen LogP contribution in [0, 0.1) is 0 Å². The molecule has 0 aromatic heterocycles. The van der Waals surface area contributed by atoms with Crippen LogP contribution in [0.15, 0.2) is 65.6 Å². The molecule has 1 amide bonds. The van der Waals surface area contributed by atoms with Crippen LogP contribution in [0.5, 0.6) is 17.2 Å². The van der Waals surface area contributed by atoms with Crippen molar-refractivity contribution in [2.75, 3.05) is 18.5 Å². The number of fused-ring (bicyclic) bond motifs is 2. The summed E-state index contributed by atoms with van der Waals surface area (Å²) in [5.41, 5.74) is 1.94. The van der Waals surface area contributed by atoms with Gasteiger partial charge in [-0.25, -0.2) is 0 Å². The molecule has 0 saturated carbocycles. The fourth-order valence-corrected chi connectivity index (χ4v) is 3.79. The number of halogens is 3. The molecule has 3 aromatic rings. The number of ether oxygens (including phenoxy) is 2. The Morgan fingerprint density at radius 1 is 1.03 bits per heavy atom. The summed E-state index contributed by atoms with van der Waals surface area (Å²) in [6, 6.07) is 16.2. The van der Waals surface area contributed by atoms with Gasteiger partial charge in [-0.1, -0.05) is 18.2 Å². The lowest BCUT2D eigenvalue weighted by Gasteiger charge is -2.12. The molecule has 3 aromatic carbocycles. The van der Waals surface area contributed by atoms with Gasteiger partial charge in [-0.15, -0.1) is 13.2 Å². The van der Waals surface area contributed by atoms with E-state index < -0.39 is 18.0 Å². The zero-order chi connectivity index (χ0) is 22.7. The number of anilines is 1. The van der Waals surface area contributed by atoms with Crippen molar-refractivity contribution in [3.8, 4) is 28.4 Å². The van der Waals surface area contributed by atoms with Crippen LogP contribution in [0.25, 0.3) is 11.1 Å². The highest BCUT2D eigenvalue weighted by Gasteiger charge is 2.32. The van der Waals surface area contributed by atoms with Crippen molar-refractivity contribution in [1.82, 2.24) is 4.72 Å². The summed E-state index contributed by atoms with van der Waals surface area (Å²) in [6.45, 7) is 0.473. The van der Waals surface area contributed by atoms with Crippen molar-refractivity contribution in [3.05, 3.63) is 66.2 Å². The predicted molar refractivity (Wildman–Crippen MR) is 114 cm³/mol. The smallest absolute Gasteiger partial charge is 0.454 e. The molecular formula is C22H17F3N2O4S. The monoisotopic (exact) mass is 462 g/mol. The van der Waals surface area contributed by atoms with Gasteiger partial charge in [0.1, 0.15) is 11.5 Å². The summed E-state index contributed by atoms with van der Waals surface area (Å²) in [7, 11) is 0. The van der Waals surface area contributed by atoms with Crippen LogP contribution >= 0.6 is 11.9 Å². The lowest BCUT2D eigenvalue weighted by Crippen LogP contribution is -2.17. The Balaban J connectivity index is 1.60. The first-order chi connectivity index (χ1) is 15.3. The lowest BCUT2D eigenvalue weighted by atomic mass is 10.0. The standard InChI is InChI=1S/C22H17F3N2O4S/c23-22(24,25)31-15-5-7-20-18(12-15)27-21(29)17-11-14(4-6-19(17)30-20)13-2-1-3-16(10-13)32-26-8-9-28/h1-7,10-12,26,28H,8-9H2,(H,27,29). The van der Waals surface area contributed by atoms with E-state index >= 15 is 0 Å². The Morgan fingerprint density at radius 3 is 2.59 bits per heavy atom. The molecule has 166 valence electrons. The van der Waals surface area contributed by atoms with Crippen LogP contribution in [0.4, 0.5) is 18.9 Å². The summed E-state index contributed by atoms with van der Waals surface area (Å²) in [4.78, 5) is 13.7. The van der Waals surface area contributed by atoms with Crippen molar-refractivity contribution >= 4 is 23.5 Å². The summed E-state index contributed by atoms with van der Waals surface area (Å²) < 4.78 is 50.2. The zero-order valence-electron chi connectivity index (χ0n) is 16.4. The molecule has 0 spiro atoms. The van der Waals surface area contributed by atoms with Crippen LogP contribution in [0.2, 0.25) is 0 Å². The average Bonchev–Trinajstić information content (AvgIpc) is 2.88. The molecule has 6 nitrogen and oxygen atoms in total. The van der Waals surface area contributed by atoms with E-state index in [1.807, 2.05) is 24.3 Å². The average molecular weight is 462 g/mol. The molecule has 1 aliphatic heterocycles. The molecule has 0 unspecified atom stereocenters. The Labute approximate surface area is 185 Å². The minimum Gasteiger partial charge on any atom is -0.454 e. The maximum Gasteiger partial charge on any atom is 0.573 e. The predicted octanol–water partition coefficient (Wildman–Crippen LogP) is 5.20. The lowest BCUT2D eigenvalue weighted by molar-refractivity contribution is -0.274. The van der Waals surface area contributed by atoms with E-state index in [9.17, 15) is 18.0 Å². The van der Waals surface area contributed by atoms with Crippen LogP contribution < -0.4 is 19.5 Å². The van der Waals surface area contributed by atoms with E-state index in [0.29, 0.717) is 6.54 Å². The van der Waals surface area contributed by atoms with Gasteiger partial charge in [0.25, 0.3) is 5.91 Å². The second-order valence-electron chi connectivity index (χ2n) is 6.72. The molecular weight excluding hydrogens is 445 g/mol. The van der Waals surface area contributed by atoms with Gasteiger partial charge >= 0.3 is 6.36 Å². The van der Waals surface area contributed by atoms with Gasteiger partial charge in [0.15, 0.2) is 5.75 Å². The van der Waals surface area contributed by atoms with Crippen molar-refractivity contribution in [2.45, 2.75) is 11.3 Å². The fourth-order valence-electron chi connectivity index (χ4n) is 3.10. The zero-order valence-corrected chi connectivity index (χ0v) is 17.2. The maximum atomic E-state index is 12.8. The minimum absolute atomic E-state index is 0.0266. The first kappa shape index (κ1) is 22.0. The van der Waals surface area contributed by atoms with Crippen molar-refractivity contribution < 1.29 is 32.5 Å². The van der Waals surface area contributed by atoms with Crippen LogP contribution in [-0.2, 0) is 0 Å². The van der Waals surface area contributed by atoms with Crippen molar-refractivity contribution in [1.29, 1.82) is 0 Å². The normalized spacial score (nSPS) is 12.8. The van der Waals surface area contributed by atoms with Gasteiger partial charge in [0.2, 0.25) is 0 Å². The van der Waals surface area contributed by atoms with Gasteiger partial charge in [0.05, 0.1) is 17.9 Å².